The molecular weight excluding hydrogens is 1410 g/mol. The number of allylic oxidation sites excluding steroid dienone is 1. The number of aliphatic hydroxyl groups excluding tert-OH is 11. The van der Waals surface area contributed by atoms with Gasteiger partial charge in [-0.25, -0.2) is 0 Å². The van der Waals surface area contributed by atoms with Crippen LogP contribution < -0.4 is 5.32 Å². The topological polar surface area (TPSA) is 307 Å². The molecule has 0 aliphatic carbocycles. The van der Waals surface area contributed by atoms with Gasteiger partial charge in [-0.05, 0) is 19.3 Å². The average Bonchev–Trinajstić information content (AvgIpc) is 0.780. The van der Waals surface area contributed by atoms with Crippen LogP contribution >= 0.6 is 0 Å². The molecule has 0 aromatic rings. The van der Waals surface area contributed by atoms with Gasteiger partial charge in [-0.3, -0.25) is 4.79 Å². The van der Waals surface area contributed by atoms with Crippen LogP contribution in [0.15, 0.2) is 12.2 Å². The smallest absolute Gasteiger partial charge is 0.220 e. The number of hydrogen-bond donors (Lipinski definition) is 12. The van der Waals surface area contributed by atoms with E-state index in [9.17, 15) is 61.0 Å². The van der Waals surface area contributed by atoms with Crippen molar-refractivity contribution in [3.63, 3.8) is 0 Å². The monoisotopic (exact) mass is 1580 g/mol. The van der Waals surface area contributed by atoms with E-state index in [-0.39, 0.29) is 18.9 Å². The summed E-state index contributed by atoms with van der Waals surface area (Å²) < 4.78 is 34.5. The molecular formula is C92H177NO18. The van der Waals surface area contributed by atoms with E-state index in [1.165, 1.54) is 366 Å². The zero-order valence-corrected chi connectivity index (χ0v) is 71.2. The summed E-state index contributed by atoms with van der Waals surface area (Å²) >= 11 is 0. The van der Waals surface area contributed by atoms with Gasteiger partial charge in [0.05, 0.1) is 38.6 Å². The number of aliphatic hydroxyl groups is 11. The van der Waals surface area contributed by atoms with E-state index in [0.29, 0.717) is 6.42 Å². The molecule has 3 aliphatic rings. The van der Waals surface area contributed by atoms with Gasteiger partial charge >= 0.3 is 0 Å². The van der Waals surface area contributed by atoms with Gasteiger partial charge in [0.15, 0.2) is 18.9 Å². The lowest BCUT2D eigenvalue weighted by molar-refractivity contribution is -0.379. The summed E-state index contributed by atoms with van der Waals surface area (Å²) in [7, 11) is 0. The Morgan fingerprint density at radius 3 is 0.847 bits per heavy atom. The number of carbonyl (C=O) groups is 1. The number of nitrogens with one attached hydrogen (secondary N) is 1. The van der Waals surface area contributed by atoms with Crippen LogP contribution in [0.5, 0.6) is 0 Å². The van der Waals surface area contributed by atoms with Crippen LogP contribution in [0.4, 0.5) is 0 Å². The normalized spacial score (nSPS) is 25.0. The van der Waals surface area contributed by atoms with Crippen molar-refractivity contribution < 1.29 is 89.4 Å². The number of unbranched alkanes of at least 4 members (excludes halogenated alkanes) is 63. The van der Waals surface area contributed by atoms with Gasteiger partial charge in [0.1, 0.15) is 73.2 Å². The van der Waals surface area contributed by atoms with Gasteiger partial charge in [0.25, 0.3) is 0 Å². The van der Waals surface area contributed by atoms with Gasteiger partial charge in [0, 0.05) is 6.42 Å². The van der Waals surface area contributed by atoms with Crippen LogP contribution in [0.1, 0.15) is 438 Å². The second-order valence-electron chi connectivity index (χ2n) is 34.2. The molecule has 3 fully saturated rings. The Morgan fingerprint density at radius 1 is 0.315 bits per heavy atom. The summed E-state index contributed by atoms with van der Waals surface area (Å²) in [6.07, 6.45) is 64.0. The molecule has 17 unspecified atom stereocenters. The maximum Gasteiger partial charge on any atom is 0.220 e. The summed E-state index contributed by atoms with van der Waals surface area (Å²) in [5.41, 5.74) is 0. The van der Waals surface area contributed by atoms with E-state index >= 15 is 0 Å². The predicted molar refractivity (Wildman–Crippen MR) is 448 cm³/mol. The minimum atomic E-state index is -1.98. The first-order valence-corrected chi connectivity index (χ1v) is 47.4. The standard InChI is InChI=1S/C92H177NO18/c1-3-5-7-9-11-13-15-17-19-21-23-25-27-29-30-31-32-33-34-35-36-37-38-39-40-41-42-43-44-46-48-50-52-54-56-58-60-62-64-66-68-70-80(98)93-75(76(97)69-67-65-63-61-59-57-55-53-51-49-47-45-28-26-24-22-20-18-16-14-12-10-8-6-4-2)74-106-90-86(104)83(101)88(78(72-95)108-90)111-92-87(105)84(102)89(79(73-96)109-92)110-91-85(103)82(100)81(99)77(71-94)107-91/h67,69,75-79,81-92,94-97,99-105H,3-66,68,70-74H2,1-2H3,(H,93,98)/b69-67+. The molecule has 17 atom stereocenters. The average molecular weight is 1590 g/mol. The Balaban J connectivity index is 1.28. The number of ether oxygens (including phenoxy) is 6. The quantitative estimate of drug-likeness (QED) is 0.0199. The van der Waals surface area contributed by atoms with Crippen molar-refractivity contribution in [2.24, 2.45) is 0 Å². The third-order valence-electron chi connectivity index (χ3n) is 24.1. The summed E-state index contributed by atoms with van der Waals surface area (Å²) in [6.45, 7) is 1.82. The molecule has 3 saturated heterocycles. The molecule has 3 heterocycles. The molecule has 658 valence electrons. The molecule has 0 aromatic heterocycles. The van der Waals surface area contributed by atoms with Crippen LogP contribution in [0.3, 0.4) is 0 Å². The molecule has 12 N–H and O–H groups in total. The van der Waals surface area contributed by atoms with Crippen LogP contribution in [0.25, 0.3) is 0 Å². The van der Waals surface area contributed by atoms with E-state index < -0.39 is 124 Å². The maximum atomic E-state index is 13.5. The van der Waals surface area contributed by atoms with Crippen LogP contribution in [0.2, 0.25) is 0 Å². The Kier molecular flexibility index (Phi) is 67.8. The lowest BCUT2D eigenvalue weighted by Gasteiger charge is -2.48. The largest absolute Gasteiger partial charge is 0.394 e. The predicted octanol–water partition coefficient (Wildman–Crippen LogP) is 18.6. The molecule has 0 spiro atoms. The minimum Gasteiger partial charge on any atom is -0.394 e. The van der Waals surface area contributed by atoms with Gasteiger partial charge in [-0.15, -0.1) is 0 Å². The number of rotatable bonds is 79. The SMILES string of the molecule is CCCCCCCCCCCCCCCCCCCCCCCCC/C=C/C(O)C(COC1OC(CO)C(OC2OC(CO)C(OC3OC(CO)C(O)C(O)C3O)C(O)C2O)C(O)C1O)NC(=O)CCCCCCCCCCCCCCCCCCCCCCCCCCCCCCCCCCCCCCCCCCC. The van der Waals surface area contributed by atoms with Crippen LogP contribution in [0, 0.1) is 0 Å². The summed E-state index contributed by atoms with van der Waals surface area (Å²) in [6, 6.07) is -0.971. The molecule has 19 heteroatoms. The first kappa shape index (κ1) is 104. The minimum absolute atomic E-state index is 0.251. The first-order valence-electron chi connectivity index (χ1n) is 47.4. The molecule has 1 amide bonds. The molecule has 3 rings (SSSR count). The van der Waals surface area contributed by atoms with Crippen molar-refractivity contribution in [3.8, 4) is 0 Å². The second-order valence-corrected chi connectivity index (χ2v) is 34.2. The van der Waals surface area contributed by atoms with Crippen LogP contribution in [-0.4, -0.2) is 193 Å². The Hall–Kier alpha value is -1.47. The van der Waals surface area contributed by atoms with Crippen LogP contribution in [-0.2, 0) is 33.2 Å². The molecule has 0 saturated carbocycles. The highest BCUT2D eigenvalue weighted by molar-refractivity contribution is 5.76. The summed E-state index contributed by atoms with van der Waals surface area (Å²) in [5.74, 6) is -0.264. The van der Waals surface area contributed by atoms with Crippen molar-refractivity contribution in [3.05, 3.63) is 12.2 Å². The third kappa shape index (κ3) is 50.9. The van der Waals surface area contributed by atoms with E-state index in [4.69, 9.17) is 28.4 Å². The van der Waals surface area contributed by atoms with Gasteiger partial charge in [-0.2, -0.15) is 0 Å². The molecule has 111 heavy (non-hydrogen) atoms. The van der Waals surface area contributed by atoms with E-state index in [0.717, 1.165) is 44.9 Å². The van der Waals surface area contributed by atoms with E-state index in [1.807, 2.05) is 6.08 Å². The first-order chi connectivity index (χ1) is 54.3. The van der Waals surface area contributed by atoms with Crippen molar-refractivity contribution in [1.82, 2.24) is 5.32 Å². The summed E-state index contributed by atoms with van der Waals surface area (Å²) in [4.78, 5) is 13.5. The zero-order valence-electron chi connectivity index (χ0n) is 71.2. The van der Waals surface area contributed by atoms with E-state index in [2.05, 4.69) is 19.2 Å². The molecule has 19 nitrogen and oxygen atoms in total. The second kappa shape index (κ2) is 72.5. The molecule has 0 radical (unpaired) electrons. The third-order valence-corrected chi connectivity index (χ3v) is 24.1. The van der Waals surface area contributed by atoms with Crippen molar-refractivity contribution >= 4 is 5.91 Å². The van der Waals surface area contributed by atoms with Crippen molar-refractivity contribution in [1.29, 1.82) is 0 Å². The summed E-state index contributed by atoms with van der Waals surface area (Å²) in [5, 5.41) is 121. The van der Waals surface area contributed by atoms with Gasteiger partial charge in [-0.1, -0.05) is 424 Å². The highest BCUT2D eigenvalue weighted by atomic mass is 16.8. The lowest BCUT2D eigenvalue weighted by Crippen LogP contribution is -2.66. The molecule has 3 aliphatic heterocycles. The number of amides is 1. The van der Waals surface area contributed by atoms with Gasteiger partial charge < -0.3 is 89.9 Å². The highest BCUT2D eigenvalue weighted by Crippen LogP contribution is 2.34. The fraction of sp³-hybridized carbons (Fsp3) is 0.967. The number of carbonyl (C=O) groups excluding carboxylic acids is 1. The zero-order chi connectivity index (χ0) is 80.3. The maximum absolute atomic E-state index is 13.5. The molecule has 0 aromatic carbocycles. The molecule has 0 bridgehead atoms. The Bertz CT molecular complexity index is 2040. The Labute approximate surface area is 677 Å². The van der Waals surface area contributed by atoms with E-state index in [1.54, 1.807) is 6.08 Å². The van der Waals surface area contributed by atoms with Crippen molar-refractivity contribution in [2.45, 2.75) is 542 Å². The highest BCUT2D eigenvalue weighted by Gasteiger charge is 2.54. The Morgan fingerprint density at radius 2 is 0.559 bits per heavy atom. The van der Waals surface area contributed by atoms with Gasteiger partial charge in [0.2, 0.25) is 5.91 Å². The fourth-order valence-corrected chi connectivity index (χ4v) is 16.6. The van der Waals surface area contributed by atoms with Crippen molar-refractivity contribution in [2.75, 3.05) is 26.4 Å². The lowest BCUT2D eigenvalue weighted by atomic mass is 9.96. The fourth-order valence-electron chi connectivity index (χ4n) is 16.6. The number of hydrogen-bond acceptors (Lipinski definition) is 18.